The van der Waals surface area contributed by atoms with Crippen molar-refractivity contribution in [2.75, 3.05) is 13.1 Å². The van der Waals surface area contributed by atoms with Gasteiger partial charge in [-0.15, -0.1) is 0 Å². The Hall–Kier alpha value is -2.91. The Morgan fingerprint density at radius 2 is 1.33 bits per heavy atom. The van der Waals surface area contributed by atoms with Crippen LogP contribution < -0.4 is 0 Å². The second-order valence-electron chi connectivity index (χ2n) is 7.73. The zero-order valence-corrected chi connectivity index (χ0v) is 18.1. The molecule has 3 nitrogen and oxygen atoms in total. The van der Waals surface area contributed by atoms with Crippen LogP contribution in [0.3, 0.4) is 0 Å². The number of aliphatic hydroxyl groups is 1. The highest BCUT2D eigenvalue weighted by molar-refractivity contribution is 5.77. The molecule has 0 aliphatic rings. The highest BCUT2D eigenvalue weighted by atomic mass is 16.3. The van der Waals surface area contributed by atoms with Gasteiger partial charge in [-0.2, -0.15) is 0 Å². The number of benzene rings is 3. The van der Waals surface area contributed by atoms with E-state index in [4.69, 9.17) is 0 Å². The second-order valence-corrected chi connectivity index (χ2v) is 7.73. The Morgan fingerprint density at radius 1 is 0.833 bits per heavy atom. The van der Waals surface area contributed by atoms with Crippen LogP contribution in [-0.2, 0) is 10.4 Å². The van der Waals surface area contributed by atoms with E-state index in [1.165, 1.54) is 0 Å². The zero-order valence-electron chi connectivity index (χ0n) is 18.1. The lowest BCUT2D eigenvalue weighted by molar-refractivity contribution is -0.132. The third-order valence-corrected chi connectivity index (χ3v) is 5.91. The summed E-state index contributed by atoms with van der Waals surface area (Å²) in [4.78, 5) is 15.0. The highest BCUT2D eigenvalue weighted by Crippen LogP contribution is 2.44. The van der Waals surface area contributed by atoms with Crippen LogP contribution in [0.25, 0.3) is 0 Å². The summed E-state index contributed by atoms with van der Waals surface area (Å²) in [6.07, 6.45) is 0.227. The molecule has 0 saturated carbocycles. The Bertz CT molecular complexity index is 934. The number of rotatable bonds is 8. The van der Waals surface area contributed by atoms with E-state index in [1.807, 2.05) is 111 Å². The fourth-order valence-electron chi connectivity index (χ4n) is 4.14. The molecule has 30 heavy (non-hydrogen) atoms. The fraction of sp³-hybridized carbons (Fsp3) is 0.296. The van der Waals surface area contributed by atoms with Gasteiger partial charge in [0.05, 0.1) is 0 Å². The summed E-state index contributed by atoms with van der Waals surface area (Å²) in [5.41, 5.74) is 2.32. The van der Waals surface area contributed by atoms with Gasteiger partial charge in [0.1, 0.15) is 5.60 Å². The van der Waals surface area contributed by atoms with E-state index in [0.717, 1.165) is 22.3 Å². The molecule has 0 aliphatic carbocycles. The van der Waals surface area contributed by atoms with Crippen molar-refractivity contribution in [1.29, 1.82) is 0 Å². The van der Waals surface area contributed by atoms with Crippen molar-refractivity contribution in [2.45, 2.75) is 38.7 Å². The number of aryl methyl sites for hydroxylation is 1. The van der Waals surface area contributed by atoms with Crippen molar-refractivity contribution < 1.29 is 9.90 Å². The molecular formula is C27H31NO2. The molecule has 3 aromatic carbocycles. The van der Waals surface area contributed by atoms with Crippen LogP contribution in [0.15, 0.2) is 84.9 Å². The van der Waals surface area contributed by atoms with Gasteiger partial charge in [-0.25, -0.2) is 0 Å². The molecule has 3 rings (SSSR count). The summed E-state index contributed by atoms with van der Waals surface area (Å²) in [6.45, 7) is 7.32. The van der Waals surface area contributed by atoms with Crippen molar-refractivity contribution in [3.63, 3.8) is 0 Å². The molecule has 1 amide bonds. The van der Waals surface area contributed by atoms with Crippen molar-refractivity contribution in [1.82, 2.24) is 4.90 Å². The van der Waals surface area contributed by atoms with Crippen molar-refractivity contribution in [3.8, 4) is 0 Å². The molecule has 3 aromatic rings. The largest absolute Gasteiger partial charge is 0.380 e. The summed E-state index contributed by atoms with van der Waals surface area (Å²) in [6, 6.07) is 27.5. The van der Waals surface area contributed by atoms with Crippen LogP contribution in [0.2, 0.25) is 0 Å². The zero-order chi connectivity index (χ0) is 21.6. The molecule has 2 atom stereocenters. The molecule has 156 valence electrons. The van der Waals surface area contributed by atoms with Gasteiger partial charge >= 0.3 is 0 Å². The third kappa shape index (κ3) is 4.47. The molecule has 1 N–H and O–H groups in total. The van der Waals surface area contributed by atoms with Gasteiger partial charge in [0, 0.05) is 25.4 Å². The number of nitrogens with zero attached hydrogens (tertiary/aromatic N) is 1. The quantitative estimate of drug-likeness (QED) is 0.558. The maximum atomic E-state index is 13.2. The topological polar surface area (TPSA) is 40.5 Å². The van der Waals surface area contributed by atoms with Crippen molar-refractivity contribution >= 4 is 5.91 Å². The first kappa shape index (κ1) is 21.8. The van der Waals surface area contributed by atoms with Gasteiger partial charge in [0.2, 0.25) is 5.91 Å². The van der Waals surface area contributed by atoms with Gasteiger partial charge in [-0.3, -0.25) is 4.79 Å². The minimum Gasteiger partial charge on any atom is -0.380 e. The summed E-state index contributed by atoms with van der Waals surface area (Å²) >= 11 is 0. The highest BCUT2D eigenvalue weighted by Gasteiger charge is 2.42. The first-order chi connectivity index (χ1) is 14.5. The lowest BCUT2D eigenvalue weighted by Gasteiger charge is -2.38. The SMILES string of the molecule is CCN(CC)C(=O)CC(c1ccccc1)C(O)(c1ccccc1)c1ccc(C)cc1. The summed E-state index contributed by atoms with van der Waals surface area (Å²) in [5, 5.41) is 12.4. The molecule has 2 unspecified atom stereocenters. The molecule has 0 fully saturated rings. The Kier molecular flexibility index (Phi) is 7.07. The monoisotopic (exact) mass is 401 g/mol. The summed E-state index contributed by atoms with van der Waals surface area (Å²) in [5.74, 6) is -0.368. The number of hydrogen-bond donors (Lipinski definition) is 1. The van der Waals surface area contributed by atoms with Crippen molar-refractivity contribution in [2.24, 2.45) is 0 Å². The maximum absolute atomic E-state index is 13.2. The van der Waals surface area contributed by atoms with Gasteiger partial charge in [-0.1, -0.05) is 90.5 Å². The van der Waals surface area contributed by atoms with Gasteiger partial charge in [-0.05, 0) is 37.5 Å². The first-order valence-electron chi connectivity index (χ1n) is 10.7. The fourth-order valence-corrected chi connectivity index (χ4v) is 4.14. The number of carbonyl (C=O) groups is 1. The van der Waals surface area contributed by atoms with E-state index in [9.17, 15) is 9.90 Å². The van der Waals surface area contributed by atoms with Crippen LogP contribution >= 0.6 is 0 Å². The molecule has 0 radical (unpaired) electrons. The van der Waals surface area contributed by atoms with Crippen LogP contribution in [0.4, 0.5) is 0 Å². The summed E-state index contributed by atoms with van der Waals surface area (Å²) in [7, 11) is 0. The van der Waals surface area contributed by atoms with Gasteiger partial charge < -0.3 is 10.0 Å². The molecule has 0 aliphatic heterocycles. The Morgan fingerprint density at radius 3 is 1.87 bits per heavy atom. The molecule has 0 bridgehead atoms. The number of amides is 1. The standard InChI is InChI=1S/C27H31NO2/c1-4-28(5-2)26(29)20-25(22-12-8-6-9-13-22)27(30,23-14-10-7-11-15-23)24-18-16-21(3)17-19-24/h6-19,25,30H,4-5,20H2,1-3H3. The molecule has 3 heteroatoms. The predicted octanol–water partition coefficient (Wildman–Crippen LogP) is 5.27. The van der Waals surface area contributed by atoms with Crippen LogP contribution in [-0.4, -0.2) is 29.0 Å². The van der Waals surface area contributed by atoms with Crippen LogP contribution in [0, 0.1) is 6.92 Å². The van der Waals surface area contributed by atoms with E-state index in [0.29, 0.717) is 13.1 Å². The Labute approximate surface area is 180 Å². The smallest absolute Gasteiger partial charge is 0.223 e. The normalized spacial score (nSPS) is 14.0. The minimum atomic E-state index is -1.33. The van der Waals surface area contributed by atoms with E-state index >= 15 is 0 Å². The lowest BCUT2D eigenvalue weighted by atomic mass is 9.71. The average molecular weight is 402 g/mol. The summed E-state index contributed by atoms with van der Waals surface area (Å²) < 4.78 is 0. The first-order valence-corrected chi connectivity index (χ1v) is 10.7. The molecular weight excluding hydrogens is 370 g/mol. The van der Waals surface area contributed by atoms with E-state index in [-0.39, 0.29) is 12.3 Å². The molecule has 0 aromatic heterocycles. The number of hydrogen-bond acceptors (Lipinski definition) is 2. The van der Waals surface area contributed by atoms with E-state index in [1.54, 1.807) is 0 Å². The van der Waals surface area contributed by atoms with E-state index < -0.39 is 11.5 Å². The second kappa shape index (κ2) is 9.73. The average Bonchev–Trinajstić information content (AvgIpc) is 2.79. The lowest BCUT2D eigenvalue weighted by Crippen LogP contribution is -2.39. The minimum absolute atomic E-state index is 0.0512. The Balaban J connectivity index is 2.18. The third-order valence-electron chi connectivity index (χ3n) is 5.91. The van der Waals surface area contributed by atoms with Crippen molar-refractivity contribution in [3.05, 3.63) is 107 Å². The van der Waals surface area contributed by atoms with Crippen LogP contribution in [0.5, 0.6) is 0 Å². The predicted molar refractivity (Wildman–Crippen MR) is 122 cm³/mol. The van der Waals surface area contributed by atoms with E-state index in [2.05, 4.69) is 0 Å². The maximum Gasteiger partial charge on any atom is 0.223 e. The molecule has 0 heterocycles. The molecule has 0 spiro atoms. The van der Waals surface area contributed by atoms with Crippen LogP contribution in [0.1, 0.15) is 48.4 Å². The number of carbonyl (C=O) groups excluding carboxylic acids is 1. The molecule has 0 saturated heterocycles. The van der Waals surface area contributed by atoms with Gasteiger partial charge in [0.25, 0.3) is 0 Å². The van der Waals surface area contributed by atoms with Gasteiger partial charge in [0.15, 0.2) is 0 Å².